The second-order valence-corrected chi connectivity index (χ2v) is 17.8. The van der Waals surface area contributed by atoms with Crippen molar-refractivity contribution in [3.05, 3.63) is 282 Å². The molecule has 12 rings (SSSR count). The molecular formula is C62H48BBrN2O2. The highest BCUT2D eigenvalue weighted by molar-refractivity contribution is 9.10. The first kappa shape index (κ1) is 44.1. The molecule has 2 N–H and O–H groups in total. The Kier molecular flexibility index (Phi) is 13.2. The predicted molar refractivity (Wildman–Crippen MR) is 288 cm³/mol. The lowest BCUT2D eigenvalue weighted by Gasteiger charge is -2.25. The fraction of sp³-hybridized carbons (Fsp3) is 0.0323. The number of rotatable bonds is 8. The molecule has 0 fully saturated rings. The van der Waals surface area contributed by atoms with Crippen molar-refractivity contribution in [2.24, 2.45) is 0 Å². The quantitative estimate of drug-likeness (QED) is 0.149. The van der Waals surface area contributed by atoms with Gasteiger partial charge in [-0.25, -0.2) is 0 Å². The van der Waals surface area contributed by atoms with Gasteiger partial charge in [-0.2, -0.15) is 0 Å². The smallest absolute Gasteiger partial charge is 0.423 e. The van der Waals surface area contributed by atoms with Crippen LogP contribution in [0.25, 0.3) is 33.4 Å². The molecule has 0 radical (unpaired) electrons. The van der Waals surface area contributed by atoms with Crippen molar-refractivity contribution in [2.45, 2.75) is 12.8 Å². The van der Waals surface area contributed by atoms with E-state index >= 15 is 0 Å². The zero-order chi connectivity index (χ0) is 46.2. The average molecular weight is 944 g/mol. The SMILES string of the molecule is Brc1ccc2c(c1)-c1ccccc1C2.OB(O)c1ccc(N(c2ccccc2)c2ccccc2)cc1.c1ccc(N(c2ccccc2)c2ccc(-c3ccc4c(c3)-c3ccccc3C4)cc2)cc1. The Balaban J connectivity index is 0.000000129. The molecule has 0 amide bonds. The molecule has 10 aromatic carbocycles. The van der Waals surface area contributed by atoms with Crippen LogP contribution in [-0.4, -0.2) is 17.2 Å². The van der Waals surface area contributed by atoms with Gasteiger partial charge in [-0.15, -0.1) is 0 Å². The first-order chi connectivity index (χ1) is 33.5. The van der Waals surface area contributed by atoms with Crippen molar-refractivity contribution in [3.8, 4) is 33.4 Å². The van der Waals surface area contributed by atoms with Crippen LogP contribution >= 0.6 is 15.9 Å². The standard InChI is InChI=1S/C31H23N.C18H16BNO2.C13H9Br/c1-3-10-27(11-4-1)32(28-12-5-2-6-13-28)29-19-17-23(18-20-29)24-15-16-26-21-25-9-7-8-14-30(25)31(26)22-24;21-19(22)15-11-13-18(14-12-15)20(16-7-3-1-4-8-16)17-9-5-2-6-10-17;14-11-6-5-10-7-9-3-1-2-4-12(9)13(10)8-11/h1-20,22H,21H2;1-14,21-22H;1-6,8H,7H2. The number of para-hydroxylation sites is 4. The molecule has 6 heteroatoms. The van der Waals surface area contributed by atoms with E-state index in [0.29, 0.717) is 5.46 Å². The van der Waals surface area contributed by atoms with Crippen LogP contribution in [0.1, 0.15) is 22.3 Å². The van der Waals surface area contributed by atoms with E-state index in [1.54, 1.807) is 12.1 Å². The van der Waals surface area contributed by atoms with Gasteiger partial charge in [0.05, 0.1) is 0 Å². The third-order valence-corrected chi connectivity index (χ3v) is 13.0. The number of benzene rings is 10. The first-order valence-corrected chi connectivity index (χ1v) is 23.7. The molecule has 0 atom stereocenters. The lowest BCUT2D eigenvalue weighted by molar-refractivity contribution is 0.426. The van der Waals surface area contributed by atoms with Crippen molar-refractivity contribution in [2.75, 3.05) is 9.80 Å². The number of halogens is 1. The number of fused-ring (bicyclic) bond motifs is 6. The predicted octanol–water partition coefficient (Wildman–Crippen LogP) is 15.3. The normalized spacial score (nSPS) is 11.3. The fourth-order valence-corrected chi connectivity index (χ4v) is 9.56. The maximum atomic E-state index is 9.23. The van der Waals surface area contributed by atoms with Gasteiger partial charge in [-0.05, 0) is 165 Å². The van der Waals surface area contributed by atoms with E-state index in [1.165, 1.54) is 55.6 Å². The molecule has 2 aliphatic rings. The van der Waals surface area contributed by atoms with Gasteiger partial charge >= 0.3 is 7.12 Å². The molecule has 0 saturated carbocycles. The Hall–Kier alpha value is -7.74. The van der Waals surface area contributed by atoms with Gasteiger partial charge in [0.2, 0.25) is 0 Å². The molecular weight excluding hydrogens is 895 g/mol. The number of hydrogen-bond donors (Lipinski definition) is 2. The van der Waals surface area contributed by atoms with Crippen LogP contribution in [-0.2, 0) is 12.8 Å². The van der Waals surface area contributed by atoms with Crippen LogP contribution in [0.4, 0.5) is 34.1 Å². The fourth-order valence-electron chi connectivity index (χ4n) is 9.20. The highest BCUT2D eigenvalue weighted by Crippen LogP contribution is 2.41. The van der Waals surface area contributed by atoms with Crippen LogP contribution in [0.2, 0.25) is 0 Å². The molecule has 328 valence electrons. The molecule has 0 heterocycles. The van der Waals surface area contributed by atoms with Crippen molar-refractivity contribution >= 4 is 62.6 Å². The van der Waals surface area contributed by atoms with Crippen LogP contribution in [0.3, 0.4) is 0 Å². The zero-order valence-electron chi connectivity index (χ0n) is 37.4. The summed E-state index contributed by atoms with van der Waals surface area (Å²) < 4.78 is 1.16. The molecule has 4 nitrogen and oxygen atoms in total. The summed E-state index contributed by atoms with van der Waals surface area (Å²) in [6.45, 7) is 0. The van der Waals surface area contributed by atoms with E-state index in [2.05, 4.69) is 196 Å². The van der Waals surface area contributed by atoms with E-state index in [0.717, 1.165) is 51.4 Å². The van der Waals surface area contributed by atoms with Gasteiger partial charge in [-0.1, -0.05) is 180 Å². The maximum absolute atomic E-state index is 9.23. The monoisotopic (exact) mass is 942 g/mol. The van der Waals surface area contributed by atoms with Crippen LogP contribution < -0.4 is 15.3 Å². The van der Waals surface area contributed by atoms with E-state index in [-0.39, 0.29) is 0 Å². The molecule has 68 heavy (non-hydrogen) atoms. The van der Waals surface area contributed by atoms with Crippen LogP contribution in [0.15, 0.2) is 259 Å². The summed E-state index contributed by atoms with van der Waals surface area (Å²) in [7, 11) is -1.45. The highest BCUT2D eigenvalue weighted by atomic mass is 79.9. The Labute approximate surface area is 408 Å². The van der Waals surface area contributed by atoms with Crippen LogP contribution in [0, 0.1) is 0 Å². The summed E-state index contributed by atoms with van der Waals surface area (Å²) in [6.07, 6.45) is 2.12. The van der Waals surface area contributed by atoms with E-state index in [4.69, 9.17) is 0 Å². The lowest BCUT2D eigenvalue weighted by Crippen LogP contribution is -2.29. The summed E-state index contributed by atoms with van der Waals surface area (Å²) in [5, 5.41) is 18.5. The van der Waals surface area contributed by atoms with Gasteiger partial charge in [0.1, 0.15) is 0 Å². The zero-order valence-corrected chi connectivity index (χ0v) is 39.0. The molecule has 2 aliphatic carbocycles. The van der Waals surface area contributed by atoms with Crippen LogP contribution in [0.5, 0.6) is 0 Å². The Morgan fingerprint density at radius 3 is 1.09 bits per heavy atom. The molecule has 0 unspecified atom stereocenters. The second kappa shape index (κ2) is 20.4. The van der Waals surface area contributed by atoms with Crippen molar-refractivity contribution in [3.63, 3.8) is 0 Å². The summed E-state index contributed by atoms with van der Waals surface area (Å²) in [5.41, 5.74) is 20.7. The Morgan fingerprint density at radius 2 is 0.647 bits per heavy atom. The minimum Gasteiger partial charge on any atom is -0.423 e. The van der Waals surface area contributed by atoms with Crippen molar-refractivity contribution in [1.82, 2.24) is 0 Å². The highest BCUT2D eigenvalue weighted by Gasteiger charge is 2.20. The Bertz CT molecular complexity index is 3180. The number of anilines is 6. The van der Waals surface area contributed by atoms with E-state index < -0.39 is 7.12 Å². The summed E-state index contributed by atoms with van der Waals surface area (Å²) >= 11 is 3.52. The minimum atomic E-state index is -1.45. The molecule has 0 bridgehead atoms. The summed E-state index contributed by atoms with van der Waals surface area (Å²) in [4.78, 5) is 4.41. The molecule has 0 saturated heterocycles. The van der Waals surface area contributed by atoms with Gasteiger partial charge in [0.25, 0.3) is 0 Å². The minimum absolute atomic E-state index is 0.477. The molecule has 0 spiro atoms. The van der Waals surface area contributed by atoms with E-state index in [1.807, 2.05) is 72.8 Å². The molecule has 0 aromatic heterocycles. The largest absolute Gasteiger partial charge is 0.488 e. The third kappa shape index (κ3) is 9.71. The molecule has 10 aromatic rings. The van der Waals surface area contributed by atoms with Gasteiger partial charge in [0, 0.05) is 38.6 Å². The average Bonchev–Trinajstić information content (AvgIpc) is 3.96. The second-order valence-electron chi connectivity index (χ2n) is 16.9. The van der Waals surface area contributed by atoms with Gasteiger partial charge in [0.15, 0.2) is 0 Å². The molecule has 0 aliphatic heterocycles. The maximum Gasteiger partial charge on any atom is 0.488 e. The summed E-state index contributed by atoms with van der Waals surface area (Å²) in [5.74, 6) is 0. The topological polar surface area (TPSA) is 46.9 Å². The number of hydrogen-bond acceptors (Lipinski definition) is 4. The third-order valence-electron chi connectivity index (χ3n) is 12.5. The first-order valence-electron chi connectivity index (χ1n) is 22.9. The lowest BCUT2D eigenvalue weighted by atomic mass is 9.80. The number of nitrogens with zero attached hydrogens (tertiary/aromatic N) is 2. The van der Waals surface area contributed by atoms with Crippen molar-refractivity contribution in [1.29, 1.82) is 0 Å². The Morgan fingerprint density at radius 1 is 0.309 bits per heavy atom. The summed E-state index contributed by atoms with van der Waals surface area (Å²) in [6, 6.07) is 88.1. The van der Waals surface area contributed by atoms with Gasteiger partial charge in [-0.3, -0.25) is 0 Å². The van der Waals surface area contributed by atoms with E-state index in [9.17, 15) is 10.0 Å². The van der Waals surface area contributed by atoms with Crippen molar-refractivity contribution < 1.29 is 10.0 Å². The van der Waals surface area contributed by atoms with Gasteiger partial charge < -0.3 is 19.8 Å².